The number of carbonyl (C=O) groups is 1. The van der Waals surface area contributed by atoms with Crippen molar-refractivity contribution in [3.05, 3.63) is 46.2 Å². The number of anilines is 1. The zero-order valence-electron chi connectivity index (χ0n) is 9.80. The monoisotopic (exact) mass is 324 g/mol. The highest BCUT2D eigenvalue weighted by Crippen LogP contribution is 2.38. The van der Waals surface area contributed by atoms with Crippen molar-refractivity contribution in [3.8, 4) is 0 Å². The second-order valence-electron chi connectivity index (χ2n) is 3.88. The molecule has 0 spiro atoms. The van der Waals surface area contributed by atoms with Gasteiger partial charge in [-0.2, -0.15) is 8.73 Å². The van der Waals surface area contributed by atoms with E-state index in [1.54, 1.807) is 12.1 Å². The van der Waals surface area contributed by atoms with E-state index < -0.39 is 0 Å². The number of carbonyl (C=O) groups excluding carboxylic acids is 1. The summed E-state index contributed by atoms with van der Waals surface area (Å²) >= 11 is 12.8. The standard InChI is InChI=1S/C12H6Cl2N4OS/c13-7-5-15-10(14)4-6(7)12(19)16-8-2-1-3-9-11(8)18-20-17-9/h1-5H,(H,16,19). The Balaban J connectivity index is 1.93. The minimum absolute atomic E-state index is 0.202. The van der Waals surface area contributed by atoms with Crippen LogP contribution in [0.15, 0.2) is 39.2 Å². The molecule has 1 N–H and O–H groups in total. The number of hydrogen-bond donors (Lipinski definition) is 1. The first-order valence-corrected chi connectivity index (χ1v) is 6.97. The first-order chi connectivity index (χ1) is 9.65. The Labute approximate surface area is 127 Å². The van der Waals surface area contributed by atoms with Crippen molar-refractivity contribution in [2.45, 2.75) is 0 Å². The van der Waals surface area contributed by atoms with E-state index in [4.69, 9.17) is 23.2 Å². The zero-order chi connectivity index (χ0) is 14.1. The molecule has 100 valence electrons. The van der Waals surface area contributed by atoms with E-state index >= 15 is 0 Å². The molecular weight excluding hydrogens is 319 g/mol. The van der Waals surface area contributed by atoms with Crippen LogP contribution in [0.2, 0.25) is 10.2 Å². The SMILES string of the molecule is O=C(Nc1cccc2c1N=S=N2)c1cc(Cl)ncc1Cl. The van der Waals surface area contributed by atoms with E-state index in [2.05, 4.69) is 19.0 Å². The fraction of sp³-hybridized carbons (Fsp3) is 0. The molecule has 0 aliphatic carbocycles. The summed E-state index contributed by atoms with van der Waals surface area (Å²) in [6.07, 6.45) is 1.34. The normalized spacial score (nSPS) is 11.9. The highest BCUT2D eigenvalue weighted by molar-refractivity contribution is 7.58. The van der Waals surface area contributed by atoms with E-state index in [1.165, 1.54) is 12.3 Å². The molecule has 1 aliphatic heterocycles. The van der Waals surface area contributed by atoms with Crippen molar-refractivity contribution in [1.29, 1.82) is 0 Å². The molecule has 0 bridgehead atoms. The van der Waals surface area contributed by atoms with Gasteiger partial charge in [0.25, 0.3) is 5.91 Å². The van der Waals surface area contributed by atoms with Crippen LogP contribution in [0, 0.1) is 0 Å². The molecule has 0 saturated heterocycles. The third kappa shape index (κ3) is 2.45. The van der Waals surface area contributed by atoms with Gasteiger partial charge in [0, 0.05) is 6.20 Å². The number of nitrogens with one attached hydrogen (secondary N) is 1. The Kier molecular flexibility index (Phi) is 3.52. The lowest BCUT2D eigenvalue weighted by Gasteiger charge is -2.08. The molecule has 2 heterocycles. The van der Waals surface area contributed by atoms with Crippen LogP contribution in [0.3, 0.4) is 0 Å². The van der Waals surface area contributed by atoms with Gasteiger partial charge in [0.1, 0.15) is 16.5 Å². The smallest absolute Gasteiger partial charge is 0.257 e. The van der Waals surface area contributed by atoms with Gasteiger partial charge in [-0.15, -0.1) is 0 Å². The van der Waals surface area contributed by atoms with E-state index in [9.17, 15) is 4.79 Å². The Bertz CT molecular complexity index is 787. The second-order valence-corrected chi connectivity index (χ2v) is 5.20. The molecule has 0 radical (unpaired) electrons. The number of aromatic nitrogens is 1. The van der Waals surface area contributed by atoms with Crippen LogP contribution in [-0.4, -0.2) is 10.9 Å². The summed E-state index contributed by atoms with van der Waals surface area (Å²) in [6, 6.07) is 6.78. The van der Waals surface area contributed by atoms with E-state index in [0.29, 0.717) is 11.4 Å². The first kappa shape index (κ1) is 13.2. The third-order valence-corrected chi connectivity index (χ3v) is 3.65. The molecule has 0 saturated carbocycles. The molecule has 5 nitrogen and oxygen atoms in total. The largest absolute Gasteiger partial charge is 0.320 e. The number of hydrogen-bond acceptors (Lipinski definition) is 4. The van der Waals surface area contributed by atoms with Gasteiger partial charge < -0.3 is 5.32 Å². The lowest BCUT2D eigenvalue weighted by atomic mass is 10.2. The average molecular weight is 325 g/mol. The van der Waals surface area contributed by atoms with Crippen LogP contribution in [0.4, 0.5) is 17.1 Å². The molecule has 8 heteroatoms. The molecule has 0 atom stereocenters. The molecule has 20 heavy (non-hydrogen) atoms. The molecule has 0 fully saturated rings. The lowest BCUT2D eigenvalue weighted by molar-refractivity contribution is 0.102. The molecule has 1 aromatic carbocycles. The number of benzene rings is 1. The summed E-state index contributed by atoms with van der Waals surface area (Å²) in [4.78, 5) is 16.0. The fourth-order valence-corrected chi connectivity index (χ4v) is 2.58. The zero-order valence-corrected chi connectivity index (χ0v) is 12.1. The molecular formula is C12H6Cl2N4OS. The minimum atomic E-state index is -0.375. The predicted octanol–water partition coefficient (Wildman–Crippen LogP) is 4.37. The van der Waals surface area contributed by atoms with Gasteiger partial charge in [0.15, 0.2) is 0 Å². The topological polar surface area (TPSA) is 66.7 Å². The molecule has 3 rings (SSSR count). The summed E-state index contributed by atoms with van der Waals surface area (Å²) in [5.41, 5.74) is 2.20. The maximum Gasteiger partial charge on any atom is 0.257 e. The van der Waals surface area contributed by atoms with Crippen molar-refractivity contribution >= 4 is 57.5 Å². The van der Waals surface area contributed by atoms with Gasteiger partial charge in [-0.3, -0.25) is 4.79 Å². The van der Waals surface area contributed by atoms with Crippen molar-refractivity contribution in [2.75, 3.05) is 5.32 Å². The number of halogens is 2. The molecule has 1 aliphatic rings. The highest BCUT2D eigenvalue weighted by Gasteiger charge is 2.16. The molecule has 2 aromatic rings. The predicted molar refractivity (Wildman–Crippen MR) is 80.2 cm³/mol. The van der Waals surface area contributed by atoms with Gasteiger partial charge in [0.2, 0.25) is 0 Å². The minimum Gasteiger partial charge on any atom is -0.320 e. The van der Waals surface area contributed by atoms with Crippen molar-refractivity contribution in [1.82, 2.24) is 4.98 Å². The lowest BCUT2D eigenvalue weighted by Crippen LogP contribution is -2.12. The number of nitrogens with zero attached hydrogens (tertiary/aromatic N) is 3. The van der Waals surface area contributed by atoms with E-state index in [0.717, 1.165) is 17.0 Å². The summed E-state index contributed by atoms with van der Waals surface area (Å²) in [5.74, 6) is -0.375. The number of rotatable bonds is 2. The molecule has 1 amide bonds. The van der Waals surface area contributed by atoms with E-state index in [-0.39, 0.29) is 21.6 Å². The Morgan fingerprint density at radius 1 is 1.25 bits per heavy atom. The van der Waals surface area contributed by atoms with Crippen LogP contribution in [-0.2, 0) is 11.4 Å². The van der Waals surface area contributed by atoms with Gasteiger partial charge in [-0.1, -0.05) is 29.3 Å². The second kappa shape index (κ2) is 5.32. The van der Waals surface area contributed by atoms with Crippen LogP contribution < -0.4 is 5.32 Å². The highest BCUT2D eigenvalue weighted by atomic mass is 35.5. The number of fused-ring (bicyclic) bond motifs is 1. The van der Waals surface area contributed by atoms with Gasteiger partial charge in [0.05, 0.1) is 27.6 Å². The van der Waals surface area contributed by atoms with Crippen LogP contribution >= 0.6 is 23.2 Å². The van der Waals surface area contributed by atoms with Crippen LogP contribution in [0.25, 0.3) is 0 Å². The van der Waals surface area contributed by atoms with Crippen molar-refractivity contribution in [3.63, 3.8) is 0 Å². The van der Waals surface area contributed by atoms with Crippen molar-refractivity contribution in [2.24, 2.45) is 8.73 Å². The Hall–Kier alpha value is -1.76. The molecule has 1 aromatic heterocycles. The number of pyridine rings is 1. The summed E-state index contributed by atoms with van der Waals surface area (Å²) < 4.78 is 8.26. The maximum absolute atomic E-state index is 12.2. The van der Waals surface area contributed by atoms with Gasteiger partial charge in [-0.05, 0) is 18.2 Å². The van der Waals surface area contributed by atoms with Gasteiger partial charge >= 0.3 is 0 Å². The van der Waals surface area contributed by atoms with Gasteiger partial charge in [-0.25, -0.2) is 4.98 Å². The summed E-state index contributed by atoms with van der Waals surface area (Å²) in [7, 11) is 0. The quantitative estimate of drug-likeness (QED) is 0.711. The van der Waals surface area contributed by atoms with Crippen LogP contribution in [0.1, 0.15) is 10.4 Å². The Morgan fingerprint density at radius 2 is 2.10 bits per heavy atom. The maximum atomic E-state index is 12.2. The average Bonchev–Trinajstić information content (AvgIpc) is 2.91. The van der Waals surface area contributed by atoms with E-state index in [1.807, 2.05) is 6.07 Å². The third-order valence-electron chi connectivity index (χ3n) is 2.60. The Morgan fingerprint density at radius 3 is 2.95 bits per heavy atom. The first-order valence-electron chi connectivity index (χ1n) is 5.49. The fourth-order valence-electron chi connectivity index (χ4n) is 1.68. The summed E-state index contributed by atoms with van der Waals surface area (Å²) in [5, 5.41) is 3.18. The summed E-state index contributed by atoms with van der Waals surface area (Å²) in [6.45, 7) is 0. The molecule has 0 unspecified atom stereocenters. The number of amides is 1. The van der Waals surface area contributed by atoms with Crippen LogP contribution in [0.5, 0.6) is 0 Å². The van der Waals surface area contributed by atoms with Crippen molar-refractivity contribution < 1.29 is 4.79 Å².